The van der Waals surface area contributed by atoms with Crippen molar-refractivity contribution in [2.75, 3.05) is 17.2 Å². The third-order valence-corrected chi connectivity index (χ3v) is 5.44. The van der Waals surface area contributed by atoms with Crippen molar-refractivity contribution in [1.29, 1.82) is 0 Å². The smallest absolute Gasteiger partial charge is 0.356 e. The number of nitrogens with one attached hydrogen (secondary N) is 3. The molecule has 11 heteroatoms. The van der Waals surface area contributed by atoms with Gasteiger partial charge in [-0.25, -0.2) is 9.78 Å². The summed E-state index contributed by atoms with van der Waals surface area (Å²) in [6, 6.07) is 9.09. The fraction of sp³-hybridized carbons (Fsp3) is 0.333. The Morgan fingerprint density at radius 2 is 1.94 bits per heavy atom. The van der Waals surface area contributed by atoms with E-state index in [2.05, 4.69) is 35.8 Å². The zero-order chi connectivity index (χ0) is 22.5. The SMILES string of the molecule is CCOC(=O)c1cc(Nc2nc(CC)nc(Sc3ccc(NC(=O)C4CC4)cc3)n2)n[nH]1. The van der Waals surface area contributed by atoms with E-state index >= 15 is 0 Å². The first-order valence-electron chi connectivity index (χ1n) is 10.4. The standard InChI is InChI=1S/C21H23N7O3S/c1-3-16-23-20(24-17-11-15(27-28-17)19(30)31-4-2)26-21(25-16)32-14-9-7-13(8-10-14)22-18(29)12-5-6-12/h7-12H,3-6H2,1-2H3,(H,22,29)(H2,23,24,25,26,27,28). The van der Waals surface area contributed by atoms with E-state index in [1.54, 1.807) is 6.92 Å². The quantitative estimate of drug-likeness (QED) is 0.415. The topological polar surface area (TPSA) is 135 Å². The highest BCUT2D eigenvalue weighted by Gasteiger charge is 2.29. The fourth-order valence-electron chi connectivity index (χ4n) is 2.77. The number of aryl methyl sites for hydroxylation is 1. The van der Waals surface area contributed by atoms with E-state index in [0.717, 1.165) is 23.4 Å². The Morgan fingerprint density at radius 3 is 2.62 bits per heavy atom. The van der Waals surface area contributed by atoms with Gasteiger partial charge in [0.1, 0.15) is 11.5 Å². The summed E-state index contributed by atoms with van der Waals surface area (Å²) in [5, 5.41) is 13.1. The van der Waals surface area contributed by atoms with Gasteiger partial charge in [0.15, 0.2) is 11.0 Å². The number of nitrogens with zero attached hydrogens (tertiary/aromatic N) is 4. The van der Waals surface area contributed by atoms with Gasteiger partial charge in [-0.2, -0.15) is 15.1 Å². The molecule has 0 saturated heterocycles. The van der Waals surface area contributed by atoms with E-state index in [0.29, 0.717) is 29.2 Å². The van der Waals surface area contributed by atoms with Crippen LogP contribution in [0.3, 0.4) is 0 Å². The molecule has 1 amide bonds. The van der Waals surface area contributed by atoms with Crippen molar-refractivity contribution in [3.63, 3.8) is 0 Å². The van der Waals surface area contributed by atoms with Crippen LogP contribution < -0.4 is 10.6 Å². The lowest BCUT2D eigenvalue weighted by molar-refractivity contribution is -0.117. The highest BCUT2D eigenvalue weighted by molar-refractivity contribution is 7.99. The van der Waals surface area contributed by atoms with Gasteiger partial charge in [0.25, 0.3) is 0 Å². The summed E-state index contributed by atoms with van der Waals surface area (Å²) < 4.78 is 4.95. The van der Waals surface area contributed by atoms with E-state index in [-0.39, 0.29) is 24.1 Å². The molecule has 2 aromatic heterocycles. The average molecular weight is 454 g/mol. The Balaban J connectivity index is 1.44. The molecule has 0 spiro atoms. The minimum Gasteiger partial charge on any atom is -0.461 e. The van der Waals surface area contributed by atoms with Crippen LogP contribution in [0.4, 0.5) is 17.5 Å². The normalized spacial score (nSPS) is 12.9. The summed E-state index contributed by atoms with van der Waals surface area (Å²) in [7, 11) is 0. The summed E-state index contributed by atoms with van der Waals surface area (Å²) in [5.41, 5.74) is 1.01. The van der Waals surface area contributed by atoms with Gasteiger partial charge in [0.05, 0.1) is 6.61 Å². The summed E-state index contributed by atoms with van der Waals surface area (Å²) >= 11 is 1.39. The van der Waals surface area contributed by atoms with E-state index in [9.17, 15) is 9.59 Å². The summed E-state index contributed by atoms with van der Waals surface area (Å²) in [6.07, 6.45) is 2.57. The first-order chi connectivity index (χ1) is 15.5. The molecular formula is C21H23N7O3S. The minimum absolute atomic E-state index is 0.0793. The van der Waals surface area contributed by atoms with Crippen LogP contribution in [0.15, 0.2) is 40.4 Å². The number of hydrogen-bond acceptors (Lipinski definition) is 9. The van der Waals surface area contributed by atoms with Crippen LogP contribution in [0, 0.1) is 5.92 Å². The molecule has 1 aromatic carbocycles. The molecule has 0 unspecified atom stereocenters. The molecule has 2 heterocycles. The number of ether oxygens (including phenoxy) is 1. The molecule has 0 radical (unpaired) electrons. The Hall–Kier alpha value is -3.47. The van der Waals surface area contributed by atoms with Crippen LogP contribution in [-0.2, 0) is 16.0 Å². The Labute approximate surface area is 189 Å². The maximum absolute atomic E-state index is 11.9. The molecule has 10 nitrogen and oxygen atoms in total. The number of amides is 1. The lowest BCUT2D eigenvalue weighted by atomic mass is 10.3. The summed E-state index contributed by atoms with van der Waals surface area (Å²) in [6.45, 7) is 3.97. The molecule has 0 bridgehead atoms. The van der Waals surface area contributed by atoms with Crippen LogP contribution in [0.2, 0.25) is 0 Å². The molecule has 3 aromatic rings. The van der Waals surface area contributed by atoms with Crippen molar-refractivity contribution in [3.8, 4) is 0 Å². The van der Waals surface area contributed by atoms with Crippen LogP contribution in [-0.4, -0.2) is 43.6 Å². The van der Waals surface area contributed by atoms with Gasteiger partial charge >= 0.3 is 5.97 Å². The van der Waals surface area contributed by atoms with Crippen LogP contribution in [0.25, 0.3) is 0 Å². The zero-order valence-electron chi connectivity index (χ0n) is 17.7. The van der Waals surface area contributed by atoms with Crippen LogP contribution in [0.5, 0.6) is 0 Å². The predicted octanol–water partition coefficient (Wildman–Crippen LogP) is 3.58. The molecule has 1 fully saturated rings. The van der Waals surface area contributed by atoms with Crippen molar-refractivity contribution in [3.05, 3.63) is 41.9 Å². The van der Waals surface area contributed by atoms with Crippen molar-refractivity contribution < 1.29 is 14.3 Å². The number of aromatic nitrogens is 5. The van der Waals surface area contributed by atoms with Crippen molar-refractivity contribution in [2.24, 2.45) is 5.92 Å². The summed E-state index contributed by atoms with van der Waals surface area (Å²) in [5.74, 6) is 1.11. The molecule has 166 valence electrons. The van der Waals surface area contributed by atoms with Gasteiger partial charge in [0, 0.05) is 29.0 Å². The molecular weight excluding hydrogens is 430 g/mol. The number of carbonyl (C=O) groups excluding carboxylic acids is 2. The number of benzene rings is 1. The largest absolute Gasteiger partial charge is 0.461 e. The minimum atomic E-state index is -0.481. The fourth-order valence-corrected chi connectivity index (χ4v) is 3.54. The van der Waals surface area contributed by atoms with Crippen molar-refractivity contribution >= 4 is 41.1 Å². The van der Waals surface area contributed by atoms with Crippen molar-refractivity contribution in [2.45, 2.75) is 43.2 Å². The third kappa shape index (κ3) is 5.61. The van der Waals surface area contributed by atoms with Gasteiger partial charge in [-0.3, -0.25) is 9.89 Å². The van der Waals surface area contributed by atoms with E-state index < -0.39 is 5.97 Å². The molecule has 1 aliphatic rings. The van der Waals surface area contributed by atoms with E-state index in [1.807, 2.05) is 31.2 Å². The first-order valence-corrected chi connectivity index (χ1v) is 11.2. The maximum Gasteiger partial charge on any atom is 0.356 e. The second-order valence-electron chi connectivity index (χ2n) is 7.11. The zero-order valence-corrected chi connectivity index (χ0v) is 18.5. The lowest BCUT2D eigenvalue weighted by Gasteiger charge is -2.08. The predicted molar refractivity (Wildman–Crippen MR) is 119 cm³/mol. The molecule has 32 heavy (non-hydrogen) atoms. The monoisotopic (exact) mass is 453 g/mol. The number of rotatable bonds is 9. The molecule has 0 atom stereocenters. The second-order valence-corrected chi connectivity index (χ2v) is 8.15. The number of H-pyrrole nitrogens is 1. The molecule has 3 N–H and O–H groups in total. The highest BCUT2D eigenvalue weighted by atomic mass is 32.2. The molecule has 0 aliphatic heterocycles. The van der Waals surface area contributed by atoms with Gasteiger partial charge < -0.3 is 15.4 Å². The van der Waals surface area contributed by atoms with Crippen LogP contribution in [0.1, 0.15) is 43.0 Å². The second kappa shape index (κ2) is 9.77. The number of hydrogen-bond donors (Lipinski definition) is 3. The third-order valence-electron chi connectivity index (χ3n) is 4.57. The van der Waals surface area contributed by atoms with Gasteiger partial charge in [-0.15, -0.1) is 0 Å². The summed E-state index contributed by atoms with van der Waals surface area (Å²) in [4.78, 5) is 37.9. The van der Waals surface area contributed by atoms with Gasteiger partial charge in [0.2, 0.25) is 11.9 Å². The van der Waals surface area contributed by atoms with Crippen molar-refractivity contribution in [1.82, 2.24) is 25.1 Å². The number of esters is 1. The Morgan fingerprint density at radius 1 is 1.16 bits per heavy atom. The molecule has 1 aliphatic carbocycles. The first kappa shape index (κ1) is 21.8. The average Bonchev–Trinajstić information content (AvgIpc) is 3.54. The Kier molecular flexibility index (Phi) is 6.64. The van der Waals surface area contributed by atoms with E-state index in [4.69, 9.17) is 4.74 Å². The number of anilines is 3. The number of aromatic amines is 1. The Bertz CT molecular complexity index is 1110. The van der Waals surface area contributed by atoms with E-state index in [1.165, 1.54) is 17.8 Å². The molecule has 1 saturated carbocycles. The number of carbonyl (C=O) groups is 2. The van der Waals surface area contributed by atoms with Gasteiger partial charge in [-0.05, 0) is 55.8 Å². The molecule has 4 rings (SSSR count). The maximum atomic E-state index is 11.9. The van der Waals surface area contributed by atoms with Crippen LogP contribution >= 0.6 is 11.8 Å². The van der Waals surface area contributed by atoms with Gasteiger partial charge in [-0.1, -0.05) is 6.92 Å². The highest BCUT2D eigenvalue weighted by Crippen LogP contribution is 2.31. The lowest BCUT2D eigenvalue weighted by Crippen LogP contribution is -2.12.